The molecular formula is C23H21N5O3S. The topological polar surface area (TPSA) is 92.8 Å². The van der Waals surface area contributed by atoms with Crippen LogP contribution in [0.5, 0.6) is 0 Å². The zero-order valence-corrected chi connectivity index (χ0v) is 18.0. The second-order valence-electron chi connectivity index (χ2n) is 7.72. The van der Waals surface area contributed by atoms with E-state index in [0.717, 1.165) is 35.2 Å². The van der Waals surface area contributed by atoms with Gasteiger partial charge >= 0.3 is 5.82 Å². The highest BCUT2D eigenvalue weighted by Crippen LogP contribution is 2.30. The van der Waals surface area contributed by atoms with Gasteiger partial charge in [-0.3, -0.25) is 4.79 Å². The summed E-state index contributed by atoms with van der Waals surface area (Å²) in [4.78, 5) is 29.9. The number of nitrogens with one attached hydrogen (secondary N) is 1. The summed E-state index contributed by atoms with van der Waals surface area (Å²) in [6.45, 7) is 1.88. The Morgan fingerprint density at radius 3 is 2.72 bits per heavy atom. The maximum absolute atomic E-state index is 11.9. The molecule has 1 N–H and O–H groups in total. The van der Waals surface area contributed by atoms with E-state index in [-0.39, 0.29) is 17.5 Å². The molecule has 4 aromatic rings. The van der Waals surface area contributed by atoms with E-state index < -0.39 is 4.92 Å². The lowest BCUT2D eigenvalue weighted by atomic mass is 9.98. The number of thiazole rings is 1. The van der Waals surface area contributed by atoms with E-state index in [9.17, 15) is 14.9 Å². The number of hydrogen-bond donors (Lipinski definition) is 1. The average molecular weight is 448 g/mol. The number of fused-ring (bicyclic) bond motifs is 1. The molecule has 1 amide bonds. The molecule has 2 aromatic heterocycles. The molecule has 1 fully saturated rings. The van der Waals surface area contributed by atoms with E-state index in [4.69, 9.17) is 0 Å². The second-order valence-corrected chi connectivity index (χ2v) is 8.60. The minimum atomic E-state index is -0.412. The number of carbonyl (C=O) groups is 1. The number of hydrogen-bond acceptors (Lipinski definition) is 6. The molecule has 32 heavy (non-hydrogen) atoms. The normalized spacial score (nSPS) is 13.8. The van der Waals surface area contributed by atoms with Crippen LogP contribution in [0, 0.1) is 10.1 Å². The molecule has 0 unspecified atom stereocenters. The van der Waals surface area contributed by atoms with Gasteiger partial charge in [0.25, 0.3) is 4.96 Å². The molecule has 3 heterocycles. The summed E-state index contributed by atoms with van der Waals surface area (Å²) in [7, 11) is 0. The van der Waals surface area contributed by atoms with Gasteiger partial charge in [-0.15, -0.1) is 0 Å². The lowest BCUT2D eigenvalue weighted by molar-refractivity contribution is -0.389. The molecule has 1 aliphatic rings. The van der Waals surface area contributed by atoms with Gasteiger partial charge in [0.05, 0.1) is 0 Å². The molecule has 0 aliphatic carbocycles. The Morgan fingerprint density at radius 1 is 1.16 bits per heavy atom. The zero-order valence-electron chi connectivity index (χ0n) is 17.2. The third kappa shape index (κ3) is 3.82. The minimum Gasteiger partial charge on any atom is -0.359 e. The van der Waals surface area contributed by atoms with Crippen LogP contribution in [0.15, 0.2) is 60.1 Å². The molecule has 2 aromatic carbocycles. The van der Waals surface area contributed by atoms with Crippen LogP contribution in [0.2, 0.25) is 0 Å². The fourth-order valence-electron chi connectivity index (χ4n) is 4.08. The average Bonchev–Trinajstić information content (AvgIpc) is 3.49. The van der Waals surface area contributed by atoms with Crippen LogP contribution in [0.3, 0.4) is 0 Å². The number of likely N-dealkylation sites (tertiary alicyclic amines) is 1. The molecule has 9 heteroatoms. The van der Waals surface area contributed by atoms with E-state index in [1.807, 2.05) is 29.2 Å². The van der Waals surface area contributed by atoms with Gasteiger partial charge < -0.3 is 20.3 Å². The quantitative estimate of drug-likeness (QED) is 0.327. The Labute approximate surface area is 188 Å². The maximum atomic E-state index is 11.9. The SMILES string of the molecule is O=C1CCCN1Cc1ccc(-c2ccccc2CNc2nc3sccn3c2[N+](=O)[O-])cc1. The summed E-state index contributed by atoms with van der Waals surface area (Å²) < 4.78 is 1.49. The molecule has 1 saturated heterocycles. The zero-order chi connectivity index (χ0) is 22.1. The number of aromatic nitrogens is 2. The number of amides is 1. The molecule has 0 spiro atoms. The van der Waals surface area contributed by atoms with Crippen molar-refractivity contribution in [1.29, 1.82) is 0 Å². The Bertz CT molecular complexity index is 1290. The van der Waals surface area contributed by atoms with Crippen molar-refractivity contribution in [2.24, 2.45) is 0 Å². The van der Waals surface area contributed by atoms with Crippen molar-refractivity contribution in [3.63, 3.8) is 0 Å². The van der Waals surface area contributed by atoms with Crippen molar-refractivity contribution >= 4 is 33.8 Å². The van der Waals surface area contributed by atoms with Crippen molar-refractivity contribution in [1.82, 2.24) is 14.3 Å². The van der Waals surface area contributed by atoms with Gasteiger partial charge in [0.15, 0.2) is 0 Å². The van der Waals surface area contributed by atoms with Crippen LogP contribution < -0.4 is 5.32 Å². The Hall–Kier alpha value is -3.72. The summed E-state index contributed by atoms with van der Waals surface area (Å²) >= 11 is 1.36. The summed E-state index contributed by atoms with van der Waals surface area (Å²) in [6.07, 6.45) is 3.23. The first kappa shape index (κ1) is 20.2. The highest BCUT2D eigenvalue weighted by atomic mass is 32.1. The van der Waals surface area contributed by atoms with Crippen molar-refractivity contribution in [3.8, 4) is 11.1 Å². The molecule has 0 saturated carbocycles. The largest absolute Gasteiger partial charge is 0.372 e. The summed E-state index contributed by atoms with van der Waals surface area (Å²) in [6, 6.07) is 16.2. The maximum Gasteiger partial charge on any atom is 0.372 e. The molecule has 8 nitrogen and oxygen atoms in total. The van der Waals surface area contributed by atoms with E-state index in [1.54, 1.807) is 11.6 Å². The third-order valence-corrected chi connectivity index (χ3v) is 6.44. The molecule has 5 rings (SSSR count). The number of carbonyl (C=O) groups excluding carboxylic acids is 1. The number of rotatable bonds is 7. The van der Waals surface area contributed by atoms with E-state index >= 15 is 0 Å². The molecule has 162 valence electrons. The second kappa shape index (κ2) is 8.43. The number of imidazole rings is 1. The minimum absolute atomic E-state index is 0.0560. The van der Waals surface area contributed by atoms with Gasteiger partial charge in [-0.2, -0.15) is 9.38 Å². The first-order valence-electron chi connectivity index (χ1n) is 10.4. The number of benzene rings is 2. The number of nitro groups is 1. The van der Waals surface area contributed by atoms with E-state index in [1.165, 1.54) is 15.7 Å². The van der Waals surface area contributed by atoms with Crippen LogP contribution in [-0.4, -0.2) is 31.7 Å². The molecular weight excluding hydrogens is 426 g/mol. The fourth-order valence-corrected chi connectivity index (χ4v) is 4.79. The van der Waals surface area contributed by atoms with Gasteiger partial charge in [-0.1, -0.05) is 59.9 Å². The molecule has 1 aliphatic heterocycles. The van der Waals surface area contributed by atoms with Gasteiger partial charge in [-0.25, -0.2) is 0 Å². The lowest BCUT2D eigenvalue weighted by Crippen LogP contribution is -2.23. The highest BCUT2D eigenvalue weighted by molar-refractivity contribution is 7.15. The predicted molar refractivity (Wildman–Crippen MR) is 124 cm³/mol. The van der Waals surface area contributed by atoms with E-state index in [2.05, 4.69) is 34.6 Å². The van der Waals surface area contributed by atoms with Crippen molar-refractivity contribution in [2.45, 2.75) is 25.9 Å². The lowest BCUT2D eigenvalue weighted by Gasteiger charge is -2.16. The van der Waals surface area contributed by atoms with Crippen LogP contribution in [-0.2, 0) is 17.9 Å². The fraction of sp³-hybridized carbons (Fsp3) is 0.217. The van der Waals surface area contributed by atoms with Crippen molar-refractivity contribution in [3.05, 3.63) is 81.3 Å². The van der Waals surface area contributed by atoms with Crippen LogP contribution in [0.4, 0.5) is 11.6 Å². The van der Waals surface area contributed by atoms with Crippen molar-refractivity contribution in [2.75, 3.05) is 11.9 Å². The smallest absolute Gasteiger partial charge is 0.359 e. The molecule has 0 bridgehead atoms. The van der Waals surface area contributed by atoms with Crippen LogP contribution in [0.1, 0.15) is 24.0 Å². The third-order valence-electron chi connectivity index (χ3n) is 5.68. The van der Waals surface area contributed by atoms with Gasteiger partial charge in [-0.05, 0) is 33.6 Å². The van der Waals surface area contributed by atoms with E-state index in [0.29, 0.717) is 24.5 Å². The van der Waals surface area contributed by atoms with Crippen LogP contribution in [0.25, 0.3) is 16.1 Å². The highest BCUT2D eigenvalue weighted by Gasteiger charge is 2.23. The Morgan fingerprint density at radius 2 is 1.97 bits per heavy atom. The molecule has 0 atom stereocenters. The van der Waals surface area contributed by atoms with Gasteiger partial charge in [0.2, 0.25) is 11.7 Å². The number of anilines is 1. The summed E-state index contributed by atoms with van der Waals surface area (Å²) in [5, 5.41) is 16.5. The van der Waals surface area contributed by atoms with Crippen LogP contribution >= 0.6 is 11.3 Å². The Kier molecular flexibility index (Phi) is 5.32. The van der Waals surface area contributed by atoms with Gasteiger partial charge in [0, 0.05) is 31.4 Å². The standard InChI is InChI=1S/C23H21N5O3S/c29-20-6-3-11-26(20)15-16-7-9-17(10-8-16)19-5-2-1-4-18(19)14-24-21-22(28(30)31)27-12-13-32-23(27)25-21/h1-2,4-5,7-10,12-13,24H,3,6,11,14-15H2. The first-order valence-corrected chi connectivity index (χ1v) is 11.3. The number of nitrogens with zero attached hydrogens (tertiary/aromatic N) is 4. The summed E-state index contributed by atoms with van der Waals surface area (Å²) in [5.74, 6) is 0.431. The predicted octanol–water partition coefficient (Wildman–Crippen LogP) is 4.71. The van der Waals surface area contributed by atoms with Crippen molar-refractivity contribution < 1.29 is 9.72 Å². The summed E-state index contributed by atoms with van der Waals surface area (Å²) in [5.41, 5.74) is 4.22. The van der Waals surface area contributed by atoms with Gasteiger partial charge in [0.1, 0.15) is 6.20 Å². The first-order chi connectivity index (χ1) is 15.6. The monoisotopic (exact) mass is 447 g/mol. The Balaban J connectivity index is 1.35. The molecule has 0 radical (unpaired) electrons.